The fourth-order valence-corrected chi connectivity index (χ4v) is 2.79. The second-order valence-corrected chi connectivity index (χ2v) is 6.38. The zero-order chi connectivity index (χ0) is 18.2. The Labute approximate surface area is 158 Å². The Balaban J connectivity index is 1.53. The van der Waals surface area contributed by atoms with Crippen LogP contribution in [0.1, 0.15) is 22.3 Å². The van der Waals surface area contributed by atoms with Crippen molar-refractivity contribution >= 4 is 28.9 Å². The van der Waals surface area contributed by atoms with E-state index in [2.05, 4.69) is 39.9 Å². The van der Waals surface area contributed by atoms with E-state index in [1.165, 1.54) is 5.56 Å². The molecule has 3 aromatic rings. The number of hydrogen-bond donors (Lipinski definition) is 2. The van der Waals surface area contributed by atoms with Crippen LogP contribution in [0.5, 0.6) is 0 Å². The zero-order valence-corrected chi connectivity index (χ0v) is 15.0. The SMILES string of the molecule is O=C(Nc1cccc(Cl)c1)c1cncc(NCCCc2ccccc2)c1. The van der Waals surface area contributed by atoms with Crippen molar-refractivity contribution in [3.8, 4) is 0 Å². The van der Waals surface area contributed by atoms with E-state index >= 15 is 0 Å². The summed E-state index contributed by atoms with van der Waals surface area (Å²) < 4.78 is 0. The number of aromatic nitrogens is 1. The Kier molecular flexibility index (Phi) is 6.23. The molecule has 0 spiro atoms. The molecule has 0 atom stereocenters. The van der Waals surface area contributed by atoms with Crippen LogP contribution in [-0.2, 0) is 6.42 Å². The molecule has 0 bridgehead atoms. The lowest BCUT2D eigenvalue weighted by Gasteiger charge is -2.09. The largest absolute Gasteiger partial charge is 0.384 e. The maximum absolute atomic E-state index is 12.4. The van der Waals surface area contributed by atoms with E-state index in [1.54, 1.807) is 42.7 Å². The van der Waals surface area contributed by atoms with Crippen LogP contribution in [0.15, 0.2) is 73.1 Å². The van der Waals surface area contributed by atoms with E-state index in [1.807, 2.05) is 6.07 Å². The van der Waals surface area contributed by atoms with Crippen molar-refractivity contribution < 1.29 is 4.79 Å². The normalized spacial score (nSPS) is 10.3. The van der Waals surface area contributed by atoms with E-state index in [4.69, 9.17) is 11.6 Å². The van der Waals surface area contributed by atoms with Crippen molar-refractivity contribution in [2.45, 2.75) is 12.8 Å². The number of pyridine rings is 1. The molecule has 132 valence electrons. The molecule has 0 saturated carbocycles. The topological polar surface area (TPSA) is 54.0 Å². The summed E-state index contributed by atoms with van der Waals surface area (Å²) in [5, 5.41) is 6.72. The summed E-state index contributed by atoms with van der Waals surface area (Å²) in [7, 11) is 0. The first-order valence-corrected chi connectivity index (χ1v) is 8.88. The number of amides is 1. The third kappa shape index (κ3) is 5.33. The van der Waals surface area contributed by atoms with Gasteiger partial charge in [-0.2, -0.15) is 0 Å². The number of benzene rings is 2. The lowest BCUT2D eigenvalue weighted by atomic mass is 10.1. The van der Waals surface area contributed by atoms with E-state index in [-0.39, 0.29) is 5.91 Å². The maximum Gasteiger partial charge on any atom is 0.257 e. The van der Waals surface area contributed by atoms with Crippen LogP contribution in [0, 0.1) is 0 Å². The predicted octanol–water partition coefficient (Wildman–Crippen LogP) is 5.03. The first kappa shape index (κ1) is 18.0. The van der Waals surface area contributed by atoms with Crippen LogP contribution >= 0.6 is 11.6 Å². The highest BCUT2D eigenvalue weighted by atomic mass is 35.5. The van der Waals surface area contributed by atoms with Gasteiger partial charge in [-0.05, 0) is 42.7 Å². The van der Waals surface area contributed by atoms with Gasteiger partial charge in [-0.15, -0.1) is 0 Å². The summed E-state index contributed by atoms with van der Waals surface area (Å²) in [6.45, 7) is 0.815. The molecular weight excluding hydrogens is 346 g/mol. The molecule has 26 heavy (non-hydrogen) atoms. The quantitative estimate of drug-likeness (QED) is 0.577. The van der Waals surface area contributed by atoms with Gasteiger partial charge in [-0.3, -0.25) is 9.78 Å². The molecule has 1 aromatic heterocycles. The van der Waals surface area contributed by atoms with Crippen LogP contribution in [0.3, 0.4) is 0 Å². The molecule has 1 heterocycles. The van der Waals surface area contributed by atoms with Crippen molar-refractivity contribution in [3.63, 3.8) is 0 Å². The van der Waals surface area contributed by atoms with E-state index in [0.717, 1.165) is 25.1 Å². The van der Waals surface area contributed by atoms with Gasteiger partial charge in [0.2, 0.25) is 0 Å². The van der Waals surface area contributed by atoms with Crippen molar-refractivity contribution in [1.82, 2.24) is 4.98 Å². The van der Waals surface area contributed by atoms with Crippen LogP contribution in [-0.4, -0.2) is 17.4 Å². The van der Waals surface area contributed by atoms with E-state index < -0.39 is 0 Å². The fraction of sp³-hybridized carbons (Fsp3) is 0.143. The summed E-state index contributed by atoms with van der Waals surface area (Å²) in [5.74, 6) is -0.215. The molecule has 4 nitrogen and oxygen atoms in total. The predicted molar refractivity (Wildman–Crippen MR) is 107 cm³/mol. The van der Waals surface area contributed by atoms with Crippen LogP contribution < -0.4 is 10.6 Å². The standard InChI is InChI=1S/C21H20ClN3O/c22-18-9-4-10-19(13-18)25-21(26)17-12-20(15-23-14-17)24-11-5-8-16-6-2-1-3-7-16/h1-4,6-7,9-10,12-15,24H,5,8,11H2,(H,25,26). The Morgan fingerprint density at radius 2 is 1.81 bits per heavy atom. The van der Waals surface area contributed by atoms with E-state index in [9.17, 15) is 4.79 Å². The zero-order valence-electron chi connectivity index (χ0n) is 14.3. The minimum atomic E-state index is -0.215. The number of anilines is 2. The van der Waals surface area contributed by atoms with E-state index in [0.29, 0.717) is 16.3 Å². The number of hydrogen-bond acceptors (Lipinski definition) is 3. The molecule has 3 rings (SSSR count). The van der Waals surface area contributed by atoms with Crippen LogP contribution in [0.25, 0.3) is 0 Å². The number of aryl methyl sites for hydroxylation is 1. The molecule has 0 aliphatic heterocycles. The maximum atomic E-state index is 12.4. The highest BCUT2D eigenvalue weighted by Gasteiger charge is 2.08. The van der Waals surface area contributed by atoms with Crippen molar-refractivity contribution in [1.29, 1.82) is 0 Å². The number of nitrogens with one attached hydrogen (secondary N) is 2. The Bertz CT molecular complexity index is 868. The van der Waals surface area contributed by atoms with Gasteiger partial charge < -0.3 is 10.6 Å². The van der Waals surface area contributed by atoms with Gasteiger partial charge in [0, 0.05) is 29.6 Å². The molecule has 0 unspecified atom stereocenters. The minimum Gasteiger partial charge on any atom is -0.384 e. The number of halogens is 1. The van der Waals surface area contributed by atoms with Gasteiger partial charge in [0.25, 0.3) is 5.91 Å². The third-order valence-corrected chi connectivity index (χ3v) is 4.13. The smallest absolute Gasteiger partial charge is 0.257 e. The summed E-state index contributed by atoms with van der Waals surface area (Å²) in [6.07, 6.45) is 5.28. The lowest BCUT2D eigenvalue weighted by molar-refractivity contribution is 0.102. The van der Waals surface area contributed by atoms with Gasteiger partial charge in [0.1, 0.15) is 0 Å². The first-order chi connectivity index (χ1) is 12.7. The molecule has 2 aromatic carbocycles. The van der Waals surface area contributed by atoms with Crippen LogP contribution in [0.4, 0.5) is 11.4 Å². The number of nitrogens with zero attached hydrogens (tertiary/aromatic N) is 1. The molecule has 5 heteroatoms. The first-order valence-electron chi connectivity index (χ1n) is 8.50. The average Bonchev–Trinajstić information content (AvgIpc) is 2.66. The Hall–Kier alpha value is -2.85. The van der Waals surface area contributed by atoms with Gasteiger partial charge in [-0.25, -0.2) is 0 Å². The van der Waals surface area contributed by atoms with Crippen molar-refractivity contribution in [2.24, 2.45) is 0 Å². The minimum absolute atomic E-state index is 0.215. The van der Waals surface area contributed by atoms with Gasteiger partial charge in [0.15, 0.2) is 0 Å². The average molecular weight is 366 g/mol. The molecular formula is C21H20ClN3O. The van der Waals surface area contributed by atoms with Crippen molar-refractivity contribution in [3.05, 3.63) is 89.2 Å². The molecule has 0 fully saturated rings. The summed E-state index contributed by atoms with van der Waals surface area (Å²) in [5.41, 5.74) is 3.31. The molecule has 0 aliphatic rings. The summed E-state index contributed by atoms with van der Waals surface area (Å²) >= 11 is 5.94. The fourth-order valence-electron chi connectivity index (χ4n) is 2.60. The highest BCUT2D eigenvalue weighted by molar-refractivity contribution is 6.30. The monoisotopic (exact) mass is 365 g/mol. The molecule has 1 amide bonds. The van der Waals surface area contributed by atoms with Crippen LogP contribution in [0.2, 0.25) is 5.02 Å². The highest BCUT2D eigenvalue weighted by Crippen LogP contribution is 2.16. The summed E-state index contributed by atoms with van der Waals surface area (Å²) in [6, 6.07) is 19.2. The summed E-state index contributed by atoms with van der Waals surface area (Å²) in [4.78, 5) is 16.5. The Morgan fingerprint density at radius 1 is 0.962 bits per heavy atom. The number of carbonyl (C=O) groups excluding carboxylic acids is 1. The third-order valence-electron chi connectivity index (χ3n) is 3.90. The molecule has 0 radical (unpaired) electrons. The van der Waals surface area contributed by atoms with Crippen molar-refractivity contribution in [2.75, 3.05) is 17.2 Å². The second-order valence-electron chi connectivity index (χ2n) is 5.94. The second kappa shape index (κ2) is 9.02. The lowest BCUT2D eigenvalue weighted by Crippen LogP contribution is -2.13. The van der Waals surface area contributed by atoms with Gasteiger partial charge in [0.05, 0.1) is 11.3 Å². The van der Waals surface area contributed by atoms with Gasteiger partial charge >= 0.3 is 0 Å². The Morgan fingerprint density at radius 3 is 2.62 bits per heavy atom. The molecule has 0 aliphatic carbocycles. The molecule has 0 saturated heterocycles. The number of carbonyl (C=O) groups is 1. The molecule has 2 N–H and O–H groups in total. The van der Waals surface area contributed by atoms with Gasteiger partial charge in [-0.1, -0.05) is 48.0 Å². The number of rotatable bonds is 7.